The molecule has 1 aliphatic heterocycles. The summed E-state index contributed by atoms with van der Waals surface area (Å²) in [5, 5.41) is 15.7. The van der Waals surface area contributed by atoms with Crippen molar-refractivity contribution in [3.8, 4) is 0 Å². The first-order chi connectivity index (χ1) is 12.1. The average molecular weight is 365 g/mol. The van der Waals surface area contributed by atoms with Crippen LogP contribution in [-0.2, 0) is 19.5 Å². The van der Waals surface area contributed by atoms with Crippen LogP contribution in [-0.4, -0.2) is 57.3 Å². The van der Waals surface area contributed by atoms with E-state index in [0.717, 1.165) is 57.3 Å². The van der Waals surface area contributed by atoms with Crippen LogP contribution in [0.3, 0.4) is 0 Å². The highest BCUT2D eigenvalue weighted by atomic mass is 32.1. The topological polar surface area (TPSA) is 65.6 Å². The van der Waals surface area contributed by atoms with Crippen LogP contribution in [0.15, 0.2) is 22.0 Å². The quantitative estimate of drug-likeness (QED) is 0.776. The van der Waals surface area contributed by atoms with Crippen molar-refractivity contribution in [2.24, 2.45) is 5.92 Å². The van der Waals surface area contributed by atoms with Crippen molar-refractivity contribution >= 4 is 11.3 Å². The van der Waals surface area contributed by atoms with Crippen molar-refractivity contribution in [3.05, 3.63) is 34.1 Å². The Bertz CT molecular complexity index is 629. The number of hydrogen-bond donors (Lipinski definition) is 1. The zero-order valence-electron chi connectivity index (χ0n) is 15.1. The standard InChI is InChI=1S/C18H28N4O2S/c1-14(2)10-18-19-17(20-24-18)13-21-6-7-22(15(11-21)5-8-23)12-16-4-3-9-25-16/h3-4,9,14-15,23H,5-8,10-13H2,1-2H3/t15-/m0/s1. The fraction of sp³-hybridized carbons (Fsp3) is 0.667. The monoisotopic (exact) mass is 364 g/mol. The van der Waals surface area contributed by atoms with Crippen molar-refractivity contribution in [3.63, 3.8) is 0 Å². The summed E-state index contributed by atoms with van der Waals surface area (Å²) in [6.07, 6.45) is 1.63. The van der Waals surface area contributed by atoms with E-state index in [-0.39, 0.29) is 6.61 Å². The van der Waals surface area contributed by atoms with Crippen molar-refractivity contribution in [2.75, 3.05) is 26.2 Å². The second-order valence-electron chi connectivity index (χ2n) is 7.15. The van der Waals surface area contributed by atoms with Crippen molar-refractivity contribution in [2.45, 2.75) is 45.8 Å². The number of hydrogen-bond acceptors (Lipinski definition) is 7. The van der Waals surface area contributed by atoms with Gasteiger partial charge in [-0.05, 0) is 23.8 Å². The van der Waals surface area contributed by atoms with Crippen LogP contribution in [0, 0.1) is 5.92 Å². The molecule has 0 aromatic carbocycles. The smallest absolute Gasteiger partial charge is 0.226 e. The molecule has 2 aromatic rings. The number of aliphatic hydroxyl groups excluding tert-OH is 1. The molecule has 7 heteroatoms. The average Bonchev–Trinajstić information content (AvgIpc) is 3.22. The lowest BCUT2D eigenvalue weighted by Gasteiger charge is -2.40. The summed E-state index contributed by atoms with van der Waals surface area (Å²) in [5.41, 5.74) is 0. The van der Waals surface area contributed by atoms with Crippen LogP contribution in [0.4, 0.5) is 0 Å². The van der Waals surface area contributed by atoms with Gasteiger partial charge in [-0.1, -0.05) is 25.1 Å². The molecule has 0 bridgehead atoms. The lowest BCUT2D eigenvalue weighted by molar-refractivity contribution is 0.0491. The maximum Gasteiger partial charge on any atom is 0.226 e. The predicted molar refractivity (Wildman–Crippen MR) is 98.3 cm³/mol. The van der Waals surface area contributed by atoms with Gasteiger partial charge < -0.3 is 9.63 Å². The number of rotatable bonds is 8. The second kappa shape index (κ2) is 8.89. The summed E-state index contributed by atoms with van der Waals surface area (Å²) in [6, 6.07) is 4.65. The van der Waals surface area contributed by atoms with Gasteiger partial charge in [0.1, 0.15) is 0 Å². The number of aliphatic hydroxyl groups is 1. The highest BCUT2D eigenvalue weighted by Crippen LogP contribution is 2.20. The molecule has 0 saturated carbocycles. The Hall–Kier alpha value is -1.28. The van der Waals surface area contributed by atoms with Crippen LogP contribution >= 0.6 is 11.3 Å². The molecular formula is C18H28N4O2S. The molecule has 0 unspecified atom stereocenters. The van der Waals surface area contributed by atoms with Gasteiger partial charge in [0, 0.05) is 50.1 Å². The number of piperazine rings is 1. The Balaban J connectivity index is 1.56. The second-order valence-corrected chi connectivity index (χ2v) is 8.19. The molecule has 3 rings (SSSR count). The number of thiophene rings is 1. The third kappa shape index (κ3) is 5.34. The normalized spacial score (nSPS) is 19.8. The molecule has 1 saturated heterocycles. The Morgan fingerprint density at radius 3 is 2.96 bits per heavy atom. The molecule has 138 valence electrons. The molecule has 0 spiro atoms. The van der Waals surface area contributed by atoms with Gasteiger partial charge in [0.15, 0.2) is 5.82 Å². The van der Waals surface area contributed by atoms with E-state index in [2.05, 4.69) is 51.3 Å². The number of nitrogens with zero attached hydrogens (tertiary/aromatic N) is 4. The zero-order chi connectivity index (χ0) is 17.6. The maximum atomic E-state index is 9.44. The SMILES string of the molecule is CC(C)Cc1nc(CN2CCN(Cc3cccs3)[C@@H](CCO)C2)no1. The fourth-order valence-corrected chi connectivity index (χ4v) is 4.05. The van der Waals surface area contributed by atoms with Crippen molar-refractivity contribution in [1.29, 1.82) is 0 Å². The summed E-state index contributed by atoms with van der Waals surface area (Å²) in [4.78, 5) is 10.8. The van der Waals surface area contributed by atoms with E-state index >= 15 is 0 Å². The first-order valence-corrected chi connectivity index (χ1v) is 9.93. The predicted octanol–water partition coefficient (Wildman–Crippen LogP) is 2.40. The third-order valence-electron chi connectivity index (χ3n) is 4.55. The van der Waals surface area contributed by atoms with Crippen LogP contribution < -0.4 is 0 Å². The number of aromatic nitrogens is 2. The largest absolute Gasteiger partial charge is 0.396 e. The lowest BCUT2D eigenvalue weighted by atomic mass is 10.1. The summed E-state index contributed by atoms with van der Waals surface area (Å²) in [5.74, 6) is 2.02. The molecule has 1 atom stereocenters. The molecule has 2 aromatic heterocycles. The van der Waals surface area contributed by atoms with Gasteiger partial charge in [0.25, 0.3) is 0 Å². The Morgan fingerprint density at radius 2 is 2.24 bits per heavy atom. The summed E-state index contributed by atoms with van der Waals surface area (Å²) >= 11 is 1.80. The van der Waals surface area contributed by atoms with Gasteiger partial charge in [-0.25, -0.2) is 0 Å². The Morgan fingerprint density at radius 1 is 1.36 bits per heavy atom. The first kappa shape index (κ1) is 18.5. The Kier molecular flexibility index (Phi) is 6.58. The molecule has 0 amide bonds. The molecule has 0 radical (unpaired) electrons. The van der Waals surface area contributed by atoms with E-state index in [1.807, 2.05) is 0 Å². The Labute approximate surface area is 153 Å². The van der Waals surface area contributed by atoms with Crippen LogP contribution in [0.25, 0.3) is 0 Å². The van der Waals surface area contributed by atoms with E-state index in [1.54, 1.807) is 11.3 Å². The van der Waals surface area contributed by atoms with E-state index in [0.29, 0.717) is 12.0 Å². The summed E-state index contributed by atoms with van der Waals surface area (Å²) in [7, 11) is 0. The third-order valence-corrected chi connectivity index (χ3v) is 5.41. The van der Waals surface area contributed by atoms with Gasteiger partial charge >= 0.3 is 0 Å². The molecule has 1 fully saturated rings. The highest BCUT2D eigenvalue weighted by Gasteiger charge is 2.27. The molecule has 1 aliphatic rings. The van der Waals surface area contributed by atoms with E-state index < -0.39 is 0 Å². The first-order valence-electron chi connectivity index (χ1n) is 9.05. The molecular weight excluding hydrogens is 336 g/mol. The van der Waals surface area contributed by atoms with E-state index in [9.17, 15) is 5.11 Å². The van der Waals surface area contributed by atoms with Gasteiger partial charge in [-0.3, -0.25) is 9.80 Å². The minimum atomic E-state index is 0.222. The molecule has 1 N–H and O–H groups in total. The van der Waals surface area contributed by atoms with Crippen molar-refractivity contribution in [1.82, 2.24) is 19.9 Å². The van der Waals surface area contributed by atoms with Crippen LogP contribution in [0.1, 0.15) is 36.9 Å². The maximum absolute atomic E-state index is 9.44. The molecule has 3 heterocycles. The van der Waals surface area contributed by atoms with E-state index in [4.69, 9.17) is 4.52 Å². The zero-order valence-corrected chi connectivity index (χ0v) is 15.9. The molecule has 25 heavy (non-hydrogen) atoms. The van der Waals surface area contributed by atoms with Gasteiger partial charge in [-0.2, -0.15) is 4.98 Å². The van der Waals surface area contributed by atoms with Gasteiger partial charge in [0.2, 0.25) is 5.89 Å². The minimum Gasteiger partial charge on any atom is -0.396 e. The highest BCUT2D eigenvalue weighted by molar-refractivity contribution is 7.09. The van der Waals surface area contributed by atoms with Crippen molar-refractivity contribution < 1.29 is 9.63 Å². The lowest BCUT2D eigenvalue weighted by Crippen LogP contribution is -2.52. The van der Waals surface area contributed by atoms with Crippen LogP contribution in [0.2, 0.25) is 0 Å². The fourth-order valence-electron chi connectivity index (χ4n) is 3.32. The molecule has 0 aliphatic carbocycles. The summed E-state index contributed by atoms with van der Waals surface area (Å²) < 4.78 is 5.35. The van der Waals surface area contributed by atoms with Gasteiger partial charge in [-0.15, -0.1) is 11.3 Å². The minimum absolute atomic E-state index is 0.222. The summed E-state index contributed by atoms with van der Waals surface area (Å²) in [6.45, 7) is 9.13. The molecule has 6 nitrogen and oxygen atoms in total. The van der Waals surface area contributed by atoms with Crippen LogP contribution in [0.5, 0.6) is 0 Å². The van der Waals surface area contributed by atoms with E-state index in [1.165, 1.54) is 4.88 Å². The van der Waals surface area contributed by atoms with Gasteiger partial charge in [0.05, 0.1) is 6.54 Å².